The molecule has 1 unspecified atom stereocenters. The number of nitrogens with zero attached hydrogens (tertiary/aromatic N) is 3. The number of likely N-dealkylation sites (tertiary alicyclic amines) is 1. The van der Waals surface area contributed by atoms with Crippen molar-refractivity contribution in [1.82, 2.24) is 19.7 Å². The van der Waals surface area contributed by atoms with E-state index in [0.717, 1.165) is 58.7 Å². The van der Waals surface area contributed by atoms with Crippen LogP contribution in [0.3, 0.4) is 0 Å². The third kappa shape index (κ3) is 3.48. The zero-order valence-corrected chi connectivity index (χ0v) is 18.4. The number of hydrogen-bond donors (Lipinski definition) is 1. The van der Waals surface area contributed by atoms with Crippen LogP contribution in [0.5, 0.6) is 0 Å². The normalized spacial score (nSPS) is 23.6. The van der Waals surface area contributed by atoms with Crippen LogP contribution in [0.1, 0.15) is 24.0 Å². The van der Waals surface area contributed by atoms with Gasteiger partial charge in [0.25, 0.3) is 0 Å². The highest BCUT2D eigenvalue weighted by atomic mass is 16.6. The molecule has 3 fully saturated rings. The number of hydrogen-bond acceptors (Lipinski definition) is 4. The quantitative estimate of drug-likeness (QED) is 0.683. The zero-order valence-electron chi connectivity index (χ0n) is 18.4. The molecule has 1 spiro atoms. The number of amides is 1. The summed E-state index contributed by atoms with van der Waals surface area (Å²) < 4.78 is 6.12. The number of carbonyl (C=O) groups excluding carboxylic acids is 1. The molecular weight excluding hydrogens is 400 g/mol. The molecule has 6 rings (SSSR count). The molecule has 0 radical (unpaired) electrons. The number of benzene rings is 2. The molecule has 0 saturated carbocycles. The van der Waals surface area contributed by atoms with Crippen LogP contribution in [-0.4, -0.2) is 70.1 Å². The second-order valence-corrected chi connectivity index (χ2v) is 9.50. The van der Waals surface area contributed by atoms with Crippen molar-refractivity contribution in [1.29, 1.82) is 0 Å². The lowest BCUT2D eigenvalue weighted by molar-refractivity contribution is -0.0367. The van der Waals surface area contributed by atoms with Crippen LogP contribution in [0.4, 0.5) is 4.79 Å². The van der Waals surface area contributed by atoms with Crippen molar-refractivity contribution >= 4 is 17.0 Å². The Kier molecular flexibility index (Phi) is 4.92. The molecule has 0 bridgehead atoms. The molecule has 3 saturated heterocycles. The highest BCUT2D eigenvalue weighted by molar-refractivity contribution is 5.83. The molecule has 0 aliphatic carbocycles. The first-order chi connectivity index (χ1) is 15.7. The molecule has 32 heavy (non-hydrogen) atoms. The Morgan fingerprint density at radius 1 is 0.906 bits per heavy atom. The number of fused-ring (bicyclic) bond motifs is 3. The van der Waals surface area contributed by atoms with Gasteiger partial charge in [-0.2, -0.15) is 0 Å². The summed E-state index contributed by atoms with van der Waals surface area (Å²) in [6.45, 7) is 6.33. The van der Waals surface area contributed by atoms with E-state index in [-0.39, 0.29) is 17.7 Å². The molecular formula is C26H30N4O2. The van der Waals surface area contributed by atoms with Crippen molar-refractivity contribution in [2.24, 2.45) is 0 Å². The Balaban J connectivity index is 1.14. The van der Waals surface area contributed by atoms with E-state index in [2.05, 4.69) is 75.6 Å². The Bertz CT molecular complexity index is 1100. The molecule has 6 heteroatoms. The van der Waals surface area contributed by atoms with Crippen molar-refractivity contribution < 1.29 is 9.53 Å². The van der Waals surface area contributed by atoms with Crippen molar-refractivity contribution in [3.8, 4) is 0 Å². The summed E-state index contributed by atoms with van der Waals surface area (Å²) in [6.07, 6.45) is 3.83. The summed E-state index contributed by atoms with van der Waals surface area (Å²) in [5.41, 5.74) is 3.52. The fourth-order valence-electron chi connectivity index (χ4n) is 5.82. The minimum absolute atomic E-state index is 0.112. The molecule has 1 aromatic heterocycles. The van der Waals surface area contributed by atoms with Gasteiger partial charge in [0.05, 0.1) is 6.04 Å². The van der Waals surface area contributed by atoms with Crippen LogP contribution in [-0.2, 0) is 17.8 Å². The van der Waals surface area contributed by atoms with E-state index >= 15 is 0 Å². The van der Waals surface area contributed by atoms with Gasteiger partial charge in [-0.3, -0.25) is 14.7 Å². The summed E-state index contributed by atoms with van der Waals surface area (Å²) in [6, 6.07) is 19.3. The maximum atomic E-state index is 12.7. The van der Waals surface area contributed by atoms with E-state index in [1.54, 1.807) is 0 Å². The van der Waals surface area contributed by atoms with Crippen molar-refractivity contribution in [2.45, 2.75) is 37.6 Å². The lowest BCUT2D eigenvalue weighted by atomic mass is 9.83. The van der Waals surface area contributed by atoms with Gasteiger partial charge in [-0.05, 0) is 17.2 Å². The first-order valence-corrected chi connectivity index (χ1v) is 11.7. The monoisotopic (exact) mass is 430 g/mol. The summed E-state index contributed by atoms with van der Waals surface area (Å²) in [5, 5.41) is 1.30. The molecule has 2 aromatic carbocycles. The maximum Gasteiger partial charge on any atom is 0.410 e. The molecule has 1 amide bonds. The van der Waals surface area contributed by atoms with Crippen LogP contribution in [0.15, 0.2) is 60.8 Å². The van der Waals surface area contributed by atoms with Gasteiger partial charge in [0.15, 0.2) is 0 Å². The Morgan fingerprint density at radius 2 is 1.69 bits per heavy atom. The smallest absolute Gasteiger partial charge is 0.410 e. The number of ether oxygens (including phenoxy) is 1. The lowest BCUT2D eigenvalue weighted by Crippen LogP contribution is -2.60. The van der Waals surface area contributed by atoms with E-state index in [0.29, 0.717) is 0 Å². The molecule has 166 valence electrons. The average molecular weight is 431 g/mol. The number of para-hydroxylation sites is 1. The maximum absolute atomic E-state index is 12.7. The van der Waals surface area contributed by atoms with Crippen LogP contribution in [0.2, 0.25) is 0 Å². The third-order valence-electron chi connectivity index (χ3n) is 7.62. The number of H-pyrrole nitrogens is 1. The molecule has 3 aromatic rings. The molecule has 4 heterocycles. The number of aromatic amines is 1. The number of rotatable bonds is 4. The number of piperazine rings is 1. The standard InChI is InChI=1S/C26H30N4O2/c31-25-30-15-14-29(17-20-6-2-1-3-7-20)19-24(30)26(32-25)10-12-28(13-11-26)18-21-16-27-23-9-5-4-8-22(21)23/h1-9,16,24,27H,10-15,17-19H2. The second-order valence-electron chi connectivity index (χ2n) is 9.50. The molecule has 1 atom stereocenters. The highest BCUT2D eigenvalue weighted by Crippen LogP contribution is 2.41. The van der Waals surface area contributed by atoms with Crippen molar-refractivity contribution in [2.75, 3.05) is 32.7 Å². The number of nitrogens with one attached hydrogen (secondary N) is 1. The predicted molar refractivity (Wildman–Crippen MR) is 124 cm³/mol. The van der Waals surface area contributed by atoms with Gasteiger partial charge in [-0.15, -0.1) is 0 Å². The number of carbonyl (C=O) groups is 1. The van der Waals surface area contributed by atoms with E-state index < -0.39 is 0 Å². The predicted octanol–water partition coefficient (Wildman–Crippen LogP) is 3.84. The van der Waals surface area contributed by atoms with Gasteiger partial charge in [-0.25, -0.2) is 4.79 Å². The highest BCUT2D eigenvalue weighted by Gasteiger charge is 2.56. The molecule has 3 aliphatic heterocycles. The summed E-state index contributed by atoms with van der Waals surface area (Å²) in [4.78, 5) is 23.1. The number of aromatic nitrogens is 1. The third-order valence-corrected chi connectivity index (χ3v) is 7.62. The summed E-state index contributed by atoms with van der Waals surface area (Å²) in [5.74, 6) is 0. The van der Waals surface area contributed by atoms with E-state index in [9.17, 15) is 4.79 Å². The van der Waals surface area contributed by atoms with Crippen molar-refractivity contribution in [3.63, 3.8) is 0 Å². The largest absolute Gasteiger partial charge is 0.440 e. The first-order valence-electron chi connectivity index (χ1n) is 11.7. The van der Waals surface area contributed by atoms with E-state index in [4.69, 9.17) is 4.74 Å². The topological polar surface area (TPSA) is 51.8 Å². The SMILES string of the molecule is O=C1OC2(CCN(Cc3c[nH]c4ccccc34)CC2)C2CN(Cc3ccccc3)CCN12. The van der Waals surface area contributed by atoms with Gasteiger partial charge >= 0.3 is 6.09 Å². The first kappa shape index (κ1) is 19.8. The Hall–Kier alpha value is -2.83. The van der Waals surface area contributed by atoms with Gasteiger partial charge in [0.2, 0.25) is 0 Å². The van der Waals surface area contributed by atoms with Crippen LogP contribution in [0, 0.1) is 0 Å². The molecule has 1 N–H and O–H groups in total. The van der Waals surface area contributed by atoms with Gasteiger partial charge < -0.3 is 9.72 Å². The van der Waals surface area contributed by atoms with Crippen LogP contribution in [0.25, 0.3) is 10.9 Å². The minimum Gasteiger partial charge on any atom is -0.440 e. The van der Waals surface area contributed by atoms with Gasteiger partial charge in [-0.1, -0.05) is 48.5 Å². The minimum atomic E-state index is -0.344. The van der Waals surface area contributed by atoms with Crippen molar-refractivity contribution in [3.05, 3.63) is 71.9 Å². The molecule has 6 nitrogen and oxygen atoms in total. The van der Waals surface area contributed by atoms with E-state index in [1.165, 1.54) is 22.0 Å². The average Bonchev–Trinajstić information content (AvgIpc) is 3.35. The van der Waals surface area contributed by atoms with Crippen LogP contribution < -0.4 is 0 Å². The molecule has 3 aliphatic rings. The van der Waals surface area contributed by atoms with Gasteiger partial charge in [0, 0.05) is 75.8 Å². The van der Waals surface area contributed by atoms with Gasteiger partial charge in [0.1, 0.15) is 5.60 Å². The summed E-state index contributed by atoms with van der Waals surface area (Å²) in [7, 11) is 0. The van der Waals surface area contributed by atoms with E-state index in [1.807, 2.05) is 4.90 Å². The Morgan fingerprint density at radius 3 is 2.53 bits per heavy atom. The second kappa shape index (κ2) is 7.94. The number of piperidine rings is 1. The Labute approximate surface area is 188 Å². The van der Waals surface area contributed by atoms with Crippen LogP contribution >= 0.6 is 0 Å². The lowest BCUT2D eigenvalue weighted by Gasteiger charge is -2.45. The zero-order chi connectivity index (χ0) is 21.5. The fourth-order valence-corrected chi connectivity index (χ4v) is 5.82. The summed E-state index contributed by atoms with van der Waals surface area (Å²) >= 11 is 0. The fraction of sp³-hybridized carbons (Fsp3) is 0.423.